The summed E-state index contributed by atoms with van der Waals surface area (Å²) in [6.45, 7) is 0. The van der Waals surface area contributed by atoms with Gasteiger partial charge in [0, 0.05) is 6.42 Å². The normalized spacial score (nSPS) is 11.7. The molecule has 0 aliphatic heterocycles. The molecule has 0 bridgehead atoms. The van der Waals surface area contributed by atoms with Crippen molar-refractivity contribution >= 4 is 12.6 Å². The van der Waals surface area contributed by atoms with Gasteiger partial charge in [-0.3, -0.25) is 4.79 Å². The first-order valence-electron chi connectivity index (χ1n) is 3.77. The summed E-state index contributed by atoms with van der Waals surface area (Å²) in [7, 11) is 0. The van der Waals surface area contributed by atoms with Crippen LogP contribution in [0.1, 0.15) is 12.8 Å². The minimum Gasteiger partial charge on any atom is -0.303 e. The van der Waals surface area contributed by atoms with Crippen LogP contribution < -0.4 is 0 Å². The summed E-state index contributed by atoms with van der Waals surface area (Å²) in [5, 5.41) is 0. The van der Waals surface area contributed by atoms with Gasteiger partial charge in [-0.15, -0.1) is 0 Å². The van der Waals surface area contributed by atoms with E-state index in [9.17, 15) is 9.59 Å². The summed E-state index contributed by atoms with van der Waals surface area (Å²) in [4.78, 5) is 19.7. The highest BCUT2D eigenvalue weighted by Crippen LogP contribution is 1.87. The van der Waals surface area contributed by atoms with Crippen LogP contribution in [0, 0.1) is 0 Å². The van der Waals surface area contributed by atoms with Crippen molar-refractivity contribution in [3.63, 3.8) is 0 Å². The van der Waals surface area contributed by atoms with Gasteiger partial charge in [0.05, 0.1) is 0 Å². The highest BCUT2D eigenvalue weighted by molar-refractivity contribution is 5.65. The maximum absolute atomic E-state index is 9.86. The van der Waals surface area contributed by atoms with Crippen LogP contribution in [0.5, 0.6) is 0 Å². The van der Waals surface area contributed by atoms with Gasteiger partial charge in [-0.25, -0.2) is 0 Å². The molecule has 0 unspecified atom stereocenters. The molecule has 0 radical (unpaired) electrons. The fourth-order valence-electron chi connectivity index (χ4n) is 0.593. The fraction of sp³-hybridized carbons (Fsp3) is 0.200. The molecular weight excluding hydrogens is 152 g/mol. The van der Waals surface area contributed by atoms with E-state index in [0.717, 1.165) is 19.0 Å². The van der Waals surface area contributed by atoms with E-state index < -0.39 is 0 Å². The molecule has 64 valence electrons. The second-order valence-electron chi connectivity index (χ2n) is 2.06. The molecule has 0 atom stereocenters. The van der Waals surface area contributed by atoms with Crippen molar-refractivity contribution in [1.82, 2.24) is 0 Å². The lowest BCUT2D eigenvalue weighted by atomic mass is 10.3. The summed E-state index contributed by atoms with van der Waals surface area (Å²) in [5.74, 6) is 0. The zero-order chi connectivity index (χ0) is 9.07. The molecule has 0 aromatic carbocycles. The van der Waals surface area contributed by atoms with Crippen molar-refractivity contribution in [3.8, 4) is 0 Å². The Labute approximate surface area is 72.3 Å². The van der Waals surface area contributed by atoms with Crippen molar-refractivity contribution in [3.05, 3.63) is 36.5 Å². The molecule has 0 fully saturated rings. The Balaban J connectivity index is 3.41. The average molecular weight is 164 g/mol. The predicted octanol–water partition coefficient (Wildman–Crippen LogP) is 1.83. The monoisotopic (exact) mass is 164 g/mol. The molecule has 0 spiro atoms. The summed E-state index contributed by atoms with van der Waals surface area (Å²) < 4.78 is 0. The van der Waals surface area contributed by atoms with Crippen LogP contribution in [-0.4, -0.2) is 12.6 Å². The zero-order valence-corrected chi connectivity index (χ0v) is 6.85. The lowest BCUT2D eigenvalue weighted by molar-refractivity contribution is -0.107. The van der Waals surface area contributed by atoms with E-state index in [4.69, 9.17) is 0 Å². The highest BCUT2D eigenvalue weighted by Gasteiger charge is 1.71. The number of hydrogen-bond acceptors (Lipinski definition) is 2. The molecule has 0 rings (SSSR count). The van der Waals surface area contributed by atoms with Crippen LogP contribution >= 0.6 is 0 Å². The largest absolute Gasteiger partial charge is 0.303 e. The number of hydrogen-bond donors (Lipinski definition) is 0. The summed E-state index contributed by atoms with van der Waals surface area (Å²) in [5.41, 5.74) is 0. The second-order valence-corrected chi connectivity index (χ2v) is 2.06. The van der Waals surface area contributed by atoms with E-state index in [1.807, 2.05) is 12.2 Å². The number of carbonyl (C=O) groups excluding carboxylic acids is 2. The van der Waals surface area contributed by atoms with Crippen LogP contribution in [0.25, 0.3) is 0 Å². The third-order valence-electron chi connectivity index (χ3n) is 1.11. The van der Waals surface area contributed by atoms with Crippen LogP contribution in [0.3, 0.4) is 0 Å². The molecule has 0 aromatic rings. The Kier molecular flexibility index (Phi) is 8.41. The summed E-state index contributed by atoms with van der Waals surface area (Å²) >= 11 is 0. The Hall–Kier alpha value is -1.44. The van der Waals surface area contributed by atoms with Crippen LogP contribution in [0.4, 0.5) is 0 Å². The van der Waals surface area contributed by atoms with Gasteiger partial charge in [0.15, 0.2) is 0 Å². The SMILES string of the molecule is O=CC=CC=CCC=CCC=O. The quantitative estimate of drug-likeness (QED) is 0.260. The molecule has 0 N–H and O–H groups in total. The standard InChI is InChI=1S/C10H12O2/c11-9-7-5-3-1-2-4-6-8-10-12/h1,3-7,9-10H,2,8H2. The minimum atomic E-state index is 0.470. The van der Waals surface area contributed by atoms with E-state index in [0.29, 0.717) is 6.42 Å². The number of aldehydes is 2. The van der Waals surface area contributed by atoms with Crippen molar-refractivity contribution in [2.75, 3.05) is 0 Å². The predicted molar refractivity (Wildman–Crippen MR) is 48.8 cm³/mol. The molecule has 0 amide bonds. The molecular formula is C10H12O2. The topological polar surface area (TPSA) is 34.1 Å². The summed E-state index contributed by atoms with van der Waals surface area (Å²) in [6.07, 6.45) is 13.3. The molecule has 2 nitrogen and oxygen atoms in total. The molecule has 0 aliphatic rings. The van der Waals surface area contributed by atoms with Gasteiger partial charge in [-0.2, -0.15) is 0 Å². The van der Waals surface area contributed by atoms with Crippen molar-refractivity contribution in [1.29, 1.82) is 0 Å². The lowest BCUT2D eigenvalue weighted by Crippen LogP contribution is -1.65. The van der Waals surface area contributed by atoms with Crippen molar-refractivity contribution < 1.29 is 9.59 Å². The minimum absolute atomic E-state index is 0.470. The smallest absolute Gasteiger partial charge is 0.142 e. The lowest BCUT2D eigenvalue weighted by Gasteiger charge is -1.78. The first kappa shape index (κ1) is 10.6. The molecule has 0 saturated heterocycles. The van der Waals surface area contributed by atoms with E-state index in [2.05, 4.69) is 0 Å². The van der Waals surface area contributed by atoms with E-state index in [1.165, 1.54) is 6.08 Å². The van der Waals surface area contributed by atoms with E-state index in [1.54, 1.807) is 18.2 Å². The average Bonchev–Trinajstić information content (AvgIpc) is 2.10. The maximum Gasteiger partial charge on any atom is 0.142 e. The summed E-state index contributed by atoms with van der Waals surface area (Å²) in [6, 6.07) is 0. The Morgan fingerprint density at radius 1 is 0.750 bits per heavy atom. The molecule has 0 aromatic heterocycles. The van der Waals surface area contributed by atoms with Crippen LogP contribution in [0.15, 0.2) is 36.5 Å². The molecule has 0 saturated carbocycles. The third kappa shape index (κ3) is 8.56. The van der Waals surface area contributed by atoms with Crippen molar-refractivity contribution in [2.24, 2.45) is 0 Å². The van der Waals surface area contributed by atoms with Gasteiger partial charge in [-0.1, -0.05) is 30.4 Å². The molecule has 2 heteroatoms. The Morgan fingerprint density at radius 2 is 1.50 bits per heavy atom. The first-order valence-corrected chi connectivity index (χ1v) is 3.77. The van der Waals surface area contributed by atoms with E-state index >= 15 is 0 Å². The zero-order valence-electron chi connectivity index (χ0n) is 6.85. The van der Waals surface area contributed by atoms with Gasteiger partial charge < -0.3 is 4.79 Å². The van der Waals surface area contributed by atoms with Crippen molar-refractivity contribution in [2.45, 2.75) is 12.8 Å². The van der Waals surface area contributed by atoms with Gasteiger partial charge >= 0.3 is 0 Å². The number of carbonyl (C=O) groups is 2. The fourth-order valence-corrected chi connectivity index (χ4v) is 0.593. The number of allylic oxidation sites excluding steroid dienone is 6. The number of rotatable bonds is 6. The maximum atomic E-state index is 9.86. The molecule has 12 heavy (non-hydrogen) atoms. The van der Waals surface area contributed by atoms with Gasteiger partial charge in [0.1, 0.15) is 12.6 Å². The Bertz CT molecular complexity index is 200. The molecule has 0 aliphatic carbocycles. The van der Waals surface area contributed by atoms with Gasteiger partial charge in [0.25, 0.3) is 0 Å². The first-order chi connectivity index (χ1) is 5.91. The van der Waals surface area contributed by atoms with Gasteiger partial charge in [-0.05, 0) is 12.5 Å². The van der Waals surface area contributed by atoms with E-state index in [-0.39, 0.29) is 0 Å². The third-order valence-corrected chi connectivity index (χ3v) is 1.11. The van der Waals surface area contributed by atoms with Crippen LogP contribution in [0.2, 0.25) is 0 Å². The highest BCUT2D eigenvalue weighted by atomic mass is 16.1. The van der Waals surface area contributed by atoms with Crippen LogP contribution in [-0.2, 0) is 9.59 Å². The molecule has 0 heterocycles. The van der Waals surface area contributed by atoms with Gasteiger partial charge in [0.2, 0.25) is 0 Å². The Morgan fingerprint density at radius 3 is 2.17 bits per heavy atom. The second kappa shape index (κ2) is 9.56.